The summed E-state index contributed by atoms with van der Waals surface area (Å²) in [5.74, 6) is 4.30. The second kappa shape index (κ2) is 17.0. The molecule has 2 rings (SSSR count). The Morgan fingerprint density at radius 2 is 1.73 bits per heavy atom. The van der Waals surface area contributed by atoms with Gasteiger partial charge in [0.1, 0.15) is 5.92 Å². The van der Waals surface area contributed by atoms with Gasteiger partial charge in [0.25, 0.3) is 5.91 Å². The molecule has 4 N–H and O–H groups in total. The van der Waals surface area contributed by atoms with Crippen molar-refractivity contribution in [2.75, 3.05) is 20.8 Å². The summed E-state index contributed by atoms with van der Waals surface area (Å²) in [7, 11) is 3.12. The Morgan fingerprint density at radius 1 is 1.15 bits per heavy atom. The van der Waals surface area contributed by atoms with Gasteiger partial charge in [-0.25, -0.2) is 5.48 Å². The van der Waals surface area contributed by atoms with E-state index >= 15 is 0 Å². The van der Waals surface area contributed by atoms with Gasteiger partial charge in [-0.3, -0.25) is 19.6 Å². The normalized spacial score (nSPS) is 10.0. The number of carbonyl (C=O) groups excluding carboxylic acids is 3. The molecule has 0 aliphatic carbocycles. The van der Waals surface area contributed by atoms with Gasteiger partial charge in [-0.1, -0.05) is 37.5 Å². The van der Waals surface area contributed by atoms with E-state index in [9.17, 15) is 14.4 Å². The van der Waals surface area contributed by atoms with Gasteiger partial charge in [-0.2, -0.15) is 0 Å². The fourth-order valence-corrected chi connectivity index (χ4v) is 2.28. The van der Waals surface area contributed by atoms with Gasteiger partial charge < -0.3 is 15.0 Å². The van der Waals surface area contributed by atoms with Crippen molar-refractivity contribution in [3.8, 4) is 11.8 Å². The summed E-state index contributed by atoms with van der Waals surface area (Å²) in [6.45, 7) is 9.70. The molecule has 1 unspecified atom stereocenters. The quantitative estimate of drug-likeness (QED) is 0.175. The average Bonchev–Trinajstić information content (AvgIpc) is 3.31. The van der Waals surface area contributed by atoms with Crippen LogP contribution in [0.15, 0.2) is 43.1 Å². The molecule has 2 amide bonds. The number of H-pyrrole nitrogens is 1. The van der Waals surface area contributed by atoms with E-state index in [4.69, 9.17) is 5.21 Å². The van der Waals surface area contributed by atoms with Gasteiger partial charge in [-0.05, 0) is 44.5 Å². The first kappa shape index (κ1) is 29.3. The third-order valence-electron chi connectivity index (χ3n) is 4.25. The highest BCUT2D eigenvalue weighted by molar-refractivity contribution is 5.99. The van der Waals surface area contributed by atoms with Crippen LogP contribution >= 0.6 is 0 Å². The molecule has 0 aliphatic rings. The Kier molecular flexibility index (Phi) is 15.1. The van der Waals surface area contributed by atoms with Crippen LogP contribution in [0.3, 0.4) is 0 Å². The molecule has 1 aromatic heterocycles. The SMILES string of the molecule is C=Cc1cc(C#Cc2ccc(C(C)=O)cc2)c[nH]1.CCC(C(=O)NC)C(=O)NO.CCOC. The zero-order chi connectivity index (χ0) is 25.2. The monoisotopic (exact) mass is 455 g/mol. The summed E-state index contributed by atoms with van der Waals surface area (Å²) >= 11 is 0. The van der Waals surface area contributed by atoms with Gasteiger partial charge in [0.05, 0.1) is 0 Å². The summed E-state index contributed by atoms with van der Waals surface area (Å²) < 4.78 is 4.54. The number of methoxy groups -OCH3 is 1. The van der Waals surface area contributed by atoms with Gasteiger partial charge in [0.15, 0.2) is 5.78 Å². The minimum absolute atomic E-state index is 0.0655. The largest absolute Gasteiger partial charge is 0.385 e. The molecule has 1 heterocycles. The zero-order valence-electron chi connectivity index (χ0n) is 19.8. The lowest BCUT2D eigenvalue weighted by Crippen LogP contribution is -2.38. The van der Waals surface area contributed by atoms with Crippen molar-refractivity contribution < 1.29 is 24.3 Å². The highest BCUT2D eigenvalue weighted by Crippen LogP contribution is 2.06. The van der Waals surface area contributed by atoms with E-state index in [1.807, 2.05) is 31.3 Å². The van der Waals surface area contributed by atoms with E-state index in [1.54, 1.807) is 39.2 Å². The lowest BCUT2D eigenvalue weighted by molar-refractivity contribution is -0.140. The van der Waals surface area contributed by atoms with Crippen LogP contribution in [0.1, 0.15) is 54.4 Å². The standard InChI is InChI=1S/C16H13NO.C6H12N2O3.C3H8O/c1-3-16-10-14(11-17-16)5-4-13-6-8-15(9-7-13)12(2)18;1-3-4(5(9)7-2)6(10)8-11;1-3-4-2/h3,6-11,17H,1H2,2H3;4,11H,3H2,1-2H3,(H,7,9)(H,8,10);3H2,1-2H3. The predicted octanol–water partition coefficient (Wildman–Crippen LogP) is 3.18. The number of hydrogen-bond donors (Lipinski definition) is 4. The first-order valence-corrected chi connectivity index (χ1v) is 10.4. The van der Waals surface area contributed by atoms with E-state index in [0.717, 1.165) is 23.4 Å². The number of hydrogen-bond acceptors (Lipinski definition) is 5. The molecule has 2 aromatic rings. The number of hydroxylamine groups is 1. The van der Waals surface area contributed by atoms with E-state index in [1.165, 1.54) is 12.5 Å². The van der Waals surface area contributed by atoms with E-state index in [-0.39, 0.29) is 11.7 Å². The molecule has 0 saturated carbocycles. The third-order valence-corrected chi connectivity index (χ3v) is 4.25. The zero-order valence-corrected chi connectivity index (χ0v) is 19.8. The van der Waals surface area contributed by atoms with E-state index in [0.29, 0.717) is 12.0 Å². The topological polar surface area (TPSA) is 121 Å². The van der Waals surface area contributed by atoms with Crippen LogP contribution in [0.4, 0.5) is 0 Å². The van der Waals surface area contributed by atoms with Crippen molar-refractivity contribution in [2.45, 2.75) is 27.2 Å². The number of benzene rings is 1. The van der Waals surface area contributed by atoms with Crippen molar-refractivity contribution in [1.82, 2.24) is 15.8 Å². The van der Waals surface area contributed by atoms with Crippen LogP contribution in [0.25, 0.3) is 6.08 Å². The molecule has 8 nitrogen and oxygen atoms in total. The summed E-state index contributed by atoms with van der Waals surface area (Å²) in [4.78, 5) is 35.8. The van der Waals surface area contributed by atoms with Crippen molar-refractivity contribution >= 4 is 23.7 Å². The number of rotatable bonds is 6. The molecule has 0 saturated heterocycles. The molecule has 0 radical (unpaired) electrons. The number of Topliss-reactive ketones (excluding diaryl/α,β-unsaturated/α-hetero) is 1. The summed E-state index contributed by atoms with van der Waals surface area (Å²) in [5.41, 5.74) is 4.89. The maximum absolute atomic E-state index is 11.1. The maximum atomic E-state index is 11.1. The number of nitrogens with one attached hydrogen (secondary N) is 3. The number of ketones is 1. The Morgan fingerprint density at radius 3 is 2.12 bits per heavy atom. The second-order valence-electron chi connectivity index (χ2n) is 6.56. The van der Waals surface area contributed by atoms with Gasteiger partial charge >= 0.3 is 0 Å². The summed E-state index contributed by atoms with van der Waals surface area (Å²) in [5, 5.41) is 10.5. The maximum Gasteiger partial charge on any atom is 0.255 e. The fraction of sp³-hybridized carbons (Fsp3) is 0.320. The number of ether oxygens (including phenoxy) is 1. The Balaban J connectivity index is 0.000000584. The van der Waals surface area contributed by atoms with Crippen molar-refractivity contribution in [3.63, 3.8) is 0 Å². The molecule has 1 atom stereocenters. The summed E-state index contributed by atoms with van der Waals surface area (Å²) in [6, 6.07) is 9.22. The van der Waals surface area contributed by atoms with E-state index in [2.05, 4.69) is 33.5 Å². The summed E-state index contributed by atoms with van der Waals surface area (Å²) in [6.07, 6.45) is 3.95. The molecular formula is C25H33N3O5. The first-order chi connectivity index (χ1) is 15.8. The molecule has 0 fully saturated rings. The highest BCUT2D eigenvalue weighted by atomic mass is 16.5. The lowest BCUT2D eigenvalue weighted by Gasteiger charge is -2.09. The van der Waals surface area contributed by atoms with Crippen LogP contribution in [-0.4, -0.2) is 48.6 Å². The molecule has 0 aliphatic heterocycles. The van der Waals surface area contributed by atoms with Gasteiger partial charge in [0.2, 0.25) is 5.91 Å². The Hall–Kier alpha value is -3.67. The van der Waals surface area contributed by atoms with Crippen LogP contribution in [0, 0.1) is 17.8 Å². The Bertz CT molecular complexity index is 934. The number of carbonyl (C=O) groups is 3. The van der Waals surface area contributed by atoms with Crippen molar-refractivity contribution in [2.24, 2.45) is 5.92 Å². The Labute approximate surface area is 195 Å². The average molecular weight is 456 g/mol. The molecule has 33 heavy (non-hydrogen) atoms. The lowest BCUT2D eigenvalue weighted by atomic mass is 10.1. The minimum atomic E-state index is -0.801. The first-order valence-electron chi connectivity index (χ1n) is 10.4. The van der Waals surface area contributed by atoms with Crippen molar-refractivity contribution in [3.05, 3.63) is 65.5 Å². The third kappa shape index (κ3) is 11.5. The second-order valence-corrected chi connectivity index (χ2v) is 6.56. The molecule has 0 bridgehead atoms. The smallest absolute Gasteiger partial charge is 0.255 e. The number of aromatic amines is 1. The van der Waals surface area contributed by atoms with Crippen LogP contribution in [0.2, 0.25) is 0 Å². The van der Waals surface area contributed by atoms with Crippen molar-refractivity contribution in [1.29, 1.82) is 0 Å². The minimum Gasteiger partial charge on any atom is -0.385 e. The molecular weight excluding hydrogens is 422 g/mol. The predicted molar refractivity (Wildman–Crippen MR) is 129 cm³/mol. The van der Waals surface area contributed by atoms with Gasteiger partial charge in [0, 0.05) is 49.3 Å². The van der Waals surface area contributed by atoms with Crippen LogP contribution < -0.4 is 10.8 Å². The molecule has 8 heteroatoms. The molecule has 0 spiro atoms. The molecule has 178 valence electrons. The number of amides is 2. The van der Waals surface area contributed by atoms with Gasteiger partial charge in [-0.15, -0.1) is 0 Å². The number of aromatic nitrogens is 1. The van der Waals surface area contributed by atoms with Crippen LogP contribution in [-0.2, 0) is 14.3 Å². The van der Waals surface area contributed by atoms with E-state index < -0.39 is 11.8 Å². The fourth-order valence-electron chi connectivity index (χ4n) is 2.28. The van der Waals surface area contributed by atoms with Crippen LogP contribution in [0.5, 0.6) is 0 Å². The highest BCUT2D eigenvalue weighted by Gasteiger charge is 2.22. The molecule has 1 aromatic carbocycles.